The average molecular weight is 236 g/mol. The number of methoxy groups -OCH3 is 1. The van der Waals surface area contributed by atoms with Crippen molar-refractivity contribution in [3.05, 3.63) is 21.7 Å². The Morgan fingerprint density at radius 1 is 1.50 bits per heavy atom. The normalized spacial score (nSPS) is 12.6. The molecule has 3 nitrogen and oxygen atoms in total. The van der Waals surface area contributed by atoms with E-state index in [1.807, 2.05) is 0 Å². The van der Waals surface area contributed by atoms with Gasteiger partial charge in [0.05, 0.1) is 17.2 Å². The van der Waals surface area contributed by atoms with Crippen LogP contribution < -0.4 is 10.5 Å². The van der Waals surface area contributed by atoms with E-state index in [1.165, 1.54) is 13.2 Å². The lowest BCUT2D eigenvalue weighted by Crippen LogP contribution is -2.06. The minimum absolute atomic E-state index is 0.133. The Labute approximate surface area is 92.4 Å². The van der Waals surface area contributed by atoms with Gasteiger partial charge in [-0.1, -0.05) is 23.2 Å². The number of aromatic hydroxyl groups is 1. The summed E-state index contributed by atoms with van der Waals surface area (Å²) in [5.74, 6) is 0.107. The van der Waals surface area contributed by atoms with E-state index >= 15 is 0 Å². The average Bonchev–Trinajstić information content (AvgIpc) is 2.10. The summed E-state index contributed by atoms with van der Waals surface area (Å²) < 4.78 is 4.88. The van der Waals surface area contributed by atoms with Crippen molar-refractivity contribution in [2.75, 3.05) is 7.11 Å². The fourth-order valence-corrected chi connectivity index (χ4v) is 1.96. The summed E-state index contributed by atoms with van der Waals surface area (Å²) in [5.41, 5.74) is 6.18. The van der Waals surface area contributed by atoms with E-state index in [1.54, 1.807) is 6.92 Å². The van der Waals surface area contributed by atoms with E-state index in [0.717, 1.165) is 0 Å². The molecule has 1 rings (SSSR count). The molecule has 0 bridgehead atoms. The summed E-state index contributed by atoms with van der Waals surface area (Å²) >= 11 is 11.8. The van der Waals surface area contributed by atoms with Crippen LogP contribution in [0.1, 0.15) is 18.5 Å². The Balaban J connectivity index is 3.41. The zero-order chi connectivity index (χ0) is 10.9. The quantitative estimate of drug-likeness (QED) is 0.829. The predicted octanol–water partition coefficient (Wildman–Crippen LogP) is 2.73. The maximum atomic E-state index is 9.58. The largest absolute Gasteiger partial charge is 0.503 e. The van der Waals surface area contributed by atoms with Crippen molar-refractivity contribution in [2.24, 2.45) is 5.73 Å². The van der Waals surface area contributed by atoms with E-state index in [4.69, 9.17) is 33.7 Å². The second-order valence-electron chi connectivity index (χ2n) is 2.93. The van der Waals surface area contributed by atoms with Crippen molar-refractivity contribution in [2.45, 2.75) is 13.0 Å². The summed E-state index contributed by atoms with van der Waals surface area (Å²) in [7, 11) is 1.42. The van der Waals surface area contributed by atoms with Crippen LogP contribution >= 0.6 is 23.2 Å². The molecule has 0 heterocycles. The molecule has 0 saturated heterocycles. The standard InChI is InChI=1S/C9H11Cl2NO2/c1-4(12)7-5(10)3-6(14-2)9(13)8(7)11/h3-4,13H,12H2,1-2H3/t4-/m1/s1. The monoisotopic (exact) mass is 235 g/mol. The molecule has 0 radical (unpaired) electrons. The third kappa shape index (κ3) is 1.90. The highest BCUT2D eigenvalue weighted by Crippen LogP contribution is 2.42. The maximum absolute atomic E-state index is 9.58. The zero-order valence-electron chi connectivity index (χ0n) is 7.84. The first kappa shape index (κ1) is 11.4. The third-order valence-electron chi connectivity index (χ3n) is 1.87. The lowest BCUT2D eigenvalue weighted by Gasteiger charge is -2.14. The number of nitrogens with two attached hydrogens (primary N) is 1. The topological polar surface area (TPSA) is 55.5 Å². The van der Waals surface area contributed by atoms with Crippen LogP contribution in [0, 0.1) is 0 Å². The summed E-state index contributed by atoms with van der Waals surface area (Å²) in [4.78, 5) is 0. The Bertz CT molecular complexity index is 353. The van der Waals surface area contributed by atoms with E-state index in [2.05, 4.69) is 0 Å². The molecule has 1 atom stereocenters. The third-order valence-corrected chi connectivity index (χ3v) is 2.56. The maximum Gasteiger partial charge on any atom is 0.177 e. The molecule has 14 heavy (non-hydrogen) atoms. The van der Waals surface area contributed by atoms with Gasteiger partial charge in [0.25, 0.3) is 0 Å². The molecule has 0 amide bonds. The number of benzene rings is 1. The number of rotatable bonds is 2. The number of hydrogen-bond donors (Lipinski definition) is 2. The Hall–Kier alpha value is -0.640. The van der Waals surface area contributed by atoms with Crippen LogP contribution in [0.25, 0.3) is 0 Å². The van der Waals surface area contributed by atoms with Crippen LogP contribution in [0.3, 0.4) is 0 Å². The Morgan fingerprint density at radius 2 is 2.07 bits per heavy atom. The van der Waals surface area contributed by atoms with Crippen molar-refractivity contribution in [3.8, 4) is 11.5 Å². The van der Waals surface area contributed by atoms with Crippen molar-refractivity contribution in [3.63, 3.8) is 0 Å². The second-order valence-corrected chi connectivity index (χ2v) is 3.71. The molecule has 0 aromatic heterocycles. The van der Waals surface area contributed by atoms with Gasteiger partial charge in [-0.25, -0.2) is 0 Å². The highest BCUT2D eigenvalue weighted by molar-refractivity contribution is 6.37. The first-order valence-electron chi connectivity index (χ1n) is 3.99. The van der Waals surface area contributed by atoms with Gasteiger partial charge >= 0.3 is 0 Å². The van der Waals surface area contributed by atoms with Gasteiger partial charge in [0.15, 0.2) is 11.5 Å². The molecule has 1 aromatic carbocycles. The van der Waals surface area contributed by atoms with Gasteiger partial charge in [0.2, 0.25) is 0 Å². The molecule has 0 spiro atoms. The second kappa shape index (κ2) is 4.26. The molecule has 0 aliphatic rings. The van der Waals surface area contributed by atoms with Crippen LogP contribution in [-0.2, 0) is 0 Å². The lowest BCUT2D eigenvalue weighted by molar-refractivity contribution is 0.373. The SMILES string of the molecule is COc1cc(Cl)c([C@@H](C)N)c(Cl)c1O. The lowest BCUT2D eigenvalue weighted by atomic mass is 10.1. The van der Waals surface area contributed by atoms with E-state index in [9.17, 15) is 5.11 Å². The Kier molecular flexibility index (Phi) is 3.48. The van der Waals surface area contributed by atoms with Gasteiger partial charge in [-0.15, -0.1) is 0 Å². The van der Waals surface area contributed by atoms with Crippen molar-refractivity contribution in [1.82, 2.24) is 0 Å². The van der Waals surface area contributed by atoms with Crippen LogP contribution in [-0.4, -0.2) is 12.2 Å². The summed E-state index contributed by atoms with van der Waals surface area (Å²) in [6.45, 7) is 1.74. The van der Waals surface area contributed by atoms with Crippen molar-refractivity contribution < 1.29 is 9.84 Å². The molecule has 0 fully saturated rings. The minimum atomic E-state index is -0.341. The fraction of sp³-hybridized carbons (Fsp3) is 0.333. The molecule has 5 heteroatoms. The smallest absolute Gasteiger partial charge is 0.177 e. The highest BCUT2D eigenvalue weighted by Gasteiger charge is 2.18. The van der Waals surface area contributed by atoms with Crippen molar-refractivity contribution >= 4 is 23.2 Å². The molecule has 0 aliphatic carbocycles. The molecule has 0 aliphatic heterocycles. The van der Waals surface area contributed by atoms with Gasteiger partial charge in [0.1, 0.15) is 0 Å². The first-order valence-corrected chi connectivity index (χ1v) is 4.75. The molecule has 0 unspecified atom stereocenters. The van der Waals surface area contributed by atoms with Crippen LogP contribution in [0.15, 0.2) is 6.07 Å². The predicted molar refractivity (Wildman–Crippen MR) is 57.3 cm³/mol. The number of ether oxygens (including phenoxy) is 1. The summed E-state index contributed by atoms with van der Waals surface area (Å²) in [6.07, 6.45) is 0. The van der Waals surface area contributed by atoms with E-state index in [-0.39, 0.29) is 22.6 Å². The number of halogens is 2. The van der Waals surface area contributed by atoms with Gasteiger partial charge < -0.3 is 15.6 Å². The van der Waals surface area contributed by atoms with Crippen LogP contribution in [0.4, 0.5) is 0 Å². The highest BCUT2D eigenvalue weighted by atomic mass is 35.5. The van der Waals surface area contributed by atoms with Gasteiger partial charge in [-0.05, 0) is 6.92 Å². The number of phenols is 1. The first-order chi connectivity index (χ1) is 6.49. The minimum Gasteiger partial charge on any atom is -0.503 e. The van der Waals surface area contributed by atoms with Gasteiger partial charge in [0, 0.05) is 17.7 Å². The van der Waals surface area contributed by atoms with Crippen molar-refractivity contribution in [1.29, 1.82) is 0 Å². The zero-order valence-corrected chi connectivity index (χ0v) is 9.36. The molecule has 78 valence electrons. The summed E-state index contributed by atoms with van der Waals surface area (Å²) in [6, 6.07) is 1.15. The van der Waals surface area contributed by atoms with Gasteiger partial charge in [-0.2, -0.15) is 0 Å². The molecular weight excluding hydrogens is 225 g/mol. The number of hydrogen-bond acceptors (Lipinski definition) is 3. The molecule has 3 N–H and O–H groups in total. The van der Waals surface area contributed by atoms with Crippen LogP contribution in [0.2, 0.25) is 10.0 Å². The summed E-state index contributed by atoms with van der Waals surface area (Å²) in [5, 5.41) is 10.1. The molecule has 0 saturated carbocycles. The number of phenolic OH excluding ortho intramolecular Hbond substituents is 1. The Morgan fingerprint density at radius 3 is 2.50 bits per heavy atom. The fourth-order valence-electron chi connectivity index (χ4n) is 1.17. The molecule has 1 aromatic rings. The van der Waals surface area contributed by atoms with Gasteiger partial charge in [-0.3, -0.25) is 0 Å². The van der Waals surface area contributed by atoms with E-state index < -0.39 is 0 Å². The molecular formula is C9H11Cl2NO2. The van der Waals surface area contributed by atoms with Crippen LogP contribution in [0.5, 0.6) is 11.5 Å². The van der Waals surface area contributed by atoms with E-state index in [0.29, 0.717) is 10.6 Å².